The fourth-order valence-electron chi connectivity index (χ4n) is 17.5. The van der Waals surface area contributed by atoms with Crippen molar-refractivity contribution >= 4 is 107 Å². The fraction of sp³-hybridized carbons (Fsp3) is 0.558. The Balaban J connectivity index is 0.000000203. The van der Waals surface area contributed by atoms with Crippen molar-refractivity contribution in [3.05, 3.63) is 171 Å². The second-order valence-corrected chi connectivity index (χ2v) is 42.0. The molecule has 0 saturated carbocycles. The molecular formula is C104H140N6O28P3S-. The molecule has 0 bridgehead atoms. The number of aryl methyl sites for hydroxylation is 1. The van der Waals surface area contributed by atoms with Crippen LogP contribution < -0.4 is 44.8 Å². The number of carbonyl (C=O) groups is 6. The maximum Gasteiger partial charge on any atom is 0.267 e. The molecule has 3 fully saturated rings. The first-order chi connectivity index (χ1) is 68.4. The van der Waals surface area contributed by atoms with Gasteiger partial charge in [0.25, 0.3) is 29.4 Å². The Morgan fingerprint density at radius 2 is 0.901 bits per heavy atom. The van der Waals surface area contributed by atoms with Gasteiger partial charge < -0.3 is 99.1 Å². The number of nitrogens with one attached hydrogen (secondary N) is 1. The van der Waals surface area contributed by atoms with Gasteiger partial charge in [-0.25, -0.2) is 19.1 Å². The molecule has 0 aromatic heterocycles. The molecule has 142 heavy (non-hydrogen) atoms. The molecule has 1 N–H and O–H groups in total. The largest absolute Gasteiger partial charge is 0.756 e. The highest BCUT2D eigenvalue weighted by atomic mass is 32.1. The summed E-state index contributed by atoms with van der Waals surface area (Å²) in [4.78, 5) is 123. The fourth-order valence-corrected chi connectivity index (χ4v) is 19.8. The van der Waals surface area contributed by atoms with Gasteiger partial charge in [-0.15, -0.1) is 11.3 Å². The average molecular weight is 2050 g/mol. The van der Waals surface area contributed by atoms with Crippen molar-refractivity contribution in [3.63, 3.8) is 0 Å². The van der Waals surface area contributed by atoms with E-state index in [0.29, 0.717) is 118 Å². The molecule has 13 rings (SSSR count). The number of anilines is 1. The Morgan fingerprint density at radius 1 is 0.465 bits per heavy atom. The van der Waals surface area contributed by atoms with Crippen molar-refractivity contribution in [1.82, 2.24) is 24.4 Å². The molecule has 12 atom stereocenters. The number of unbranched alkanes of at least 4 members (excludes halogenated alkanes) is 14. The number of phosphoric ester groups is 3. The summed E-state index contributed by atoms with van der Waals surface area (Å²) >= 11 is 1.76. The number of fused-ring (bicyclic) bond motifs is 8. The summed E-state index contributed by atoms with van der Waals surface area (Å²) in [5, 5.41) is 7.30. The van der Waals surface area contributed by atoms with Crippen molar-refractivity contribution in [1.29, 1.82) is 0 Å². The van der Waals surface area contributed by atoms with E-state index in [1.807, 2.05) is 63.1 Å². The summed E-state index contributed by atoms with van der Waals surface area (Å²) in [6.07, 6.45) is 20.0. The number of aromatic nitrogens is 2. The Kier molecular flexibility index (Phi) is 46.3. The third-order valence-electron chi connectivity index (χ3n) is 25.7. The topological polar surface area (TPSA) is 421 Å². The number of phosphoric acid groups is 3. The van der Waals surface area contributed by atoms with Crippen molar-refractivity contribution in [2.45, 2.75) is 248 Å². The molecule has 12 unspecified atom stereocenters. The molecule has 34 nitrogen and oxygen atoms in total. The maximum absolute atomic E-state index is 12.9. The number of carbonyl (C=O) groups excluding carboxylic acids is 6. The second kappa shape index (κ2) is 57.6. The number of methoxy groups -OCH3 is 3. The number of nitrogens with zero attached hydrogens (tertiary/aromatic N) is 5. The summed E-state index contributed by atoms with van der Waals surface area (Å²) in [6.45, 7) is 2.30. The number of hydrogen-bond donors (Lipinski definition) is 1. The van der Waals surface area contributed by atoms with Gasteiger partial charge in [-0.3, -0.25) is 42.5 Å². The highest BCUT2D eigenvalue weighted by Gasteiger charge is 2.40. The van der Waals surface area contributed by atoms with Crippen LogP contribution in [0, 0.1) is 0 Å². The third-order valence-corrected chi connectivity index (χ3v) is 29.5. The number of rotatable bonds is 58. The van der Waals surface area contributed by atoms with Crippen LogP contribution in [0.15, 0.2) is 132 Å². The Bertz CT molecular complexity index is 5870. The van der Waals surface area contributed by atoms with Gasteiger partial charge in [0.2, 0.25) is 10.7 Å². The lowest BCUT2D eigenvalue weighted by Crippen LogP contribution is -2.28. The van der Waals surface area contributed by atoms with E-state index >= 15 is 0 Å². The van der Waals surface area contributed by atoms with Gasteiger partial charge in [0.1, 0.15) is 75.1 Å². The van der Waals surface area contributed by atoms with Crippen molar-refractivity contribution in [2.75, 3.05) is 136 Å². The zero-order chi connectivity index (χ0) is 102. The van der Waals surface area contributed by atoms with Gasteiger partial charge in [0.05, 0.1) is 65.0 Å². The molecule has 0 spiro atoms. The van der Waals surface area contributed by atoms with E-state index in [2.05, 4.69) is 90.0 Å². The van der Waals surface area contributed by atoms with Crippen LogP contribution in [-0.2, 0) is 104 Å². The molecule has 8 aliphatic rings. The molecular weight excluding hydrogens is 1910 g/mol. The summed E-state index contributed by atoms with van der Waals surface area (Å²) in [6, 6.07) is 40.5. The Labute approximate surface area is 835 Å². The van der Waals surface area contributed by atoms with Crippen LogP contribution >= 0.6 is 34.8 Å². The number of benzene rings is 7. The Hall–Kier alpha value is -8.39. The number of amides is 1. The second-order valence-electron chi connectivity index (χ2n) is 36.4. The van der Waals surface area contributed by atoms with Crippen molar-refractivity contribution in [2.24, 2.45) is 0 Å². The first-order valence-electron chi connectivity index (χ1n) is 49.3. The molecule has 3 aliphatic carbocycles. The van der Waals surface area contributed by atoms with E-state index in [0.717, 1.165) is 228 Å². The normalized spacial score (nSPS) is 19.5. The van der Waals surface area contributed by atoms with Crippen LogP contribution in [0.1, 0.15) is 234 Å². The van der Waals surface area contributed by atoms with Crippen LogP contribution in [0.5, 0.6) is 0 Å². The predicted octanol–water partition coefficient (Wildman–Crippen LogP) is 15.4. The molecule has 5 aliphatic heterocycles. The molecule has 5 aromatic carbocycles. The average Bonchev–Trinajstić information content (AvgIpc) is 1.01. The third kappa shape index (κ3) is 35.2. The molecule has 1 amide bonds. The monoisotopic (exact) mass is 2050 g/mol. The first kappa shape index (κ1) is 114. The molecule has 0 radical (unpaired) electrons. The smallest absolute Gasteiger partial charge is 0.267 e. The van der Waals surface area contributed by atoms with Gasteiger partial charge in [-0.1, -0.05) is 113 Å². The van der Waals surface area contributed by atoms with E-state index in [-0.39, 0.29) is 67.0 Å². The molecule has 38 heteroatoms. The molecule has 5 heterocycles. The highest BCUT2D eigenvalue weighted by Crippen LogP contribution is 2.43. The minimum atomic E-state index is -4.34. The molecule has 5 aromatic rings. The van der Waals surface area contributed by atoms with Crippen molar-refractivity contribution in [3.8, 4) is 22.0 Å². The lowest BCUT2D eigenvalue weighted by atomic mass is 9.83. The first-order valence-corrected chi connectivity index (χ1v) is 54.5. The summed E-state index contributed by atoms with van der Waals surface area (Å²) < 4.78 is 124. The SMILES string of the molecule is COC1CC(OCCCCCCCC(=O)CCCCCNC(=O)c2ccc3c(c2)C(=O)c2ccccc2C3=O)OC1COP(=O)([O-])OC.COC1CC(OCCCCCCCC(=O)CCCN(C)c2ccc3nc4ccc(=[N+](C)C)cc-4sc3c2)OC1COP(=O)([O-])OC.COC1CC(OCCCCCCCC(=O)CCCc2cc3oc4cc(=[N+](C)C)ccc-4nc3c3ccccc23)OC1COP(=O)([O-])OC. The minimum Gasteiger partial charge on any atom is -0.756 e. The van der Waals surface area contributed by atoms with Crippen LogP contribution in [0.4, 0.5) is 5.69 Å². The number of ether oxygens (including phenoxy) is 9. The van der Waals surface area contributed by atoms with Gasteiger partial charge in [0, 0.05) is 197 Å². The zero-order valence-electron chi connectivity index (χ0n) is 83.6. The number of ketones is 5. The lowest BCUT2D eigenvalue weighted by molar-refractivity contribution is -0.228. The quantitative estimate of drug-likeness (QED) is 0.0122. The summed E-state index contributed by atoms with van der Waals surface area (Å²) in [5.74, 6) is 0.855. The van der Waals surface area contributed by atoms with Crippen molar-refractivity contribution < 1.29 is 131 Å². The highest BCUT2D eigenvalue weighted by molar-refractivity contribution is 7.46. The van der Waals surface area contributed by atoms with E-state index in [4.69, 9.17) is 70.6 Å². The van der Waals surface area contributed by atoms with Crippen LogP contribution in [0.2, 0.25) is 0 Å². The minimum absolute atomic E-state index is 0.179. The van der Waals surface area contributed by atoms with E-state index in [1.54, 1.807) is 62.0 Å². The standard InChI is InChI=1S/C36H47N2O9P.C35H46NO11P.C33H48N3O8PS/c1-38(2)26-18-19-30-31(22-26)46-33-21-25(28-16-9-10-17-29(28)36(33)37-30)13-12-15-27(39)14-8-6-5-7-11-20-44-35-23-32(42-3)34(47-35)24-45-48(40,41)43-4;1-43-30-22-32(47-31(30)23-46-48(41,42)44-2)45-20-12-5-3-4-7-13-25(37)14-8-6-11-19-36-35(40)24-17-18-28-29(21-24)34(39)27-16-10-9-15-26(27)33(28)38;1-35(2)24-14-16-27-31(20-24)46-32-21-25(15-17-28(32)34-27)36(3)18-11-13-26(37)12-9-7-6-8-10-19-42-33-22-29(40-4)30(44-33)23-43-45(38,39)41-5/h9-10,16-19,21-22,32,34-35H,5-8,11-15,20,23-24H2,1-4H3;9-10,15-18,21,30-32H,3-8,11-14,19-20,22-23H2,1-2H3,(H,36,40)(H,41,42);14-17,20-21,29-30,33H,6-13,18-19,22-23H2,1-5H3/p-1. The number of hydrogen-bond acceptors (Lipinski definition) is 32. The van der Waals surface area contributed by atoms with E-state index in [9.17, 15) is 57.1 Å². The van der Waals surface area contributed by atoms with Crippen LogP contribution in [-0.4, -0.2) is 231 Å². The Morgan fingerprint density at radius 3 is 1.39 bits per heavy atom. The van der Waals surface area contributed by atoms with Gasteiger partial charge in [-0.2, -0.15) is 0 Å². The van der Waals surface area contributed by atoms with Gasteiger partial charge in [0.15, 0.2) is 41.8 Å². The predicted molar refractivity (Wildman–Crippen MR) is 535 cm³/mol. The maximum atomic E-state index is 12.9. The van der Waals surface area contributed by atoms with Gasteiger partial charge in [-0.05, 0) is 136 Å². The molecule has 3 saturated heterocycles. The van der Waals surface area contributed by atoms with Gasteiger partial charge >= 0.3 is 0 Å². The van der Waals surface area contributed by atoms with E-state index in [1.165, 1.54) is 23.6 Å². The van der Waals surface area contributed by atoms with Crippen LogP contribution in [0.25, 0.3) is 54.1 Å². The van der Waals surface area contributed by atoms with E-state index < -0.39 is 60.7 Å². The summed E-state index contributed by atoms with van der Waals surface area (Å²) in [5.41, 5.74) is 8.37. The summed E-state index contributed by atoms with van der Waals surface area (Å²) in [7, 11) is 4.95. The van der Waals surface area contributed by atoms with Crippen LogP contribution in [0.3, 0.4) is 0 Å². The number of Topliss-reactive ketones (excluding diaryl/α,β-unsaturated/α-hetero) is 3. The lowest BCUT2D eigenvalue weighted by Gasteiger charge is -2.24. The molecule has 776 valence electrons. The zero-order valence-corrected chi connectivity index (χ0v) is 87.1.